The van der Waals surface area contributed by atoms with E-state index in [1.165, 1.54) is 0 Å². The number of isocyanates is 1. The topological polar surface area (TPSA) is 91.7 Å². The van der Waals surface area contributed by atoms with Crippen molar-refractivity contribution >= 4 is 12.0 Å². The summed E-state index contributed by atoms with van der Waals surface area (Å²) in [5, 5.41) is 6.76. The first-order valence-electron chi connectivity index (χ1n) is 5.13. The Kier molecular flexibility index (Phi) is 8.20. The van der Waals surface area contributed by atoms with E-state index in [9.17, 15) is 4.79 Å². The summed E-state index contributed by atoms with van der Waals surface area (Å²) < 4.78 is 4.81. The van der Waals surface area contributed by atoms with Crippen molar-refractivity contribution in [3.05, 3.63) is 41.3 Å². The van der Waals surface area contributed by atoms with Crippen LogP contribution >= 0.6 is 0 Å². The zero-order valence-electron chi connectivity index (χ0n) is 9.63. The number of carbonyl (C=O) groups is 1. The largest absolute Gasteiger partial charge is 0.724 e. The zero-order valence-corrected chi connectivity index (χ0v) is 9.63. The number of nitrogens with two attached hydrogens (primary N) is 1. The second-order valence-electron chi connectivity index (χ2n) is 3.14. The summed E-state index contributed by atoms with van der Waals surface area (Å²) in [7, 11) is 0. The second kappa shape index (κ2) is 9.27. The van der Waals surface area contributed by atoms with Gasteiger partial charge in [0.15, 0.2) is 0 Å². The van der Waals surface area contributed by atoms with E-state index in [1.54, 1.807) is 6.92 Å². The highest BCUT2D eigenvalue weighted by Gasteiger charge is 2.14. The molecule has 0 aromatic heterocycles. The van der Waals surface area contributed by atoms with Crippen LogP contribution in [0.4, 0.5) is 0 Å². The first kappa shape index (κ1) is 15.0. The van der Waals surface area contributed by atoms with Gasteiger partial charge in [-0.1, -0.05) is 30.3 Å². The van der Waals surface area contributed by atoms with Crippen LogP contribution in [0.5, 0.6) is 0 Å². The van der Waals surface area contributed by atoms with Gasteiger partial charge in [0.1, 0.15) is 6.04 Å². The lowest BCUT2D eigenvalue weighted by Gasteiger charge is -2.09. The van der Waals surface area contributed by atoms with E-state index in [2.05, 4.69) is 0 Å². The van der Waals surface area contributed by atoms with Gasteiger partial charge in [-0.25, -0.2) is 0 Å². The SMILES string of the molecule is CCOC(=O)[C@@H](N)Cc1ccccc1.[N-]=C=O. The molecule has 0 heterocycles. The zero-order chi connectivity index (χ0) is 13.1. The van der Waals surface area contributed by atoms with Gasteiger partial charge >= 0.3 is 5.97 Å². The molecule has 0 saturated heterocycles. The monoisotopic (exact) mass is 235 g/mol. The van der Waals surface area contributed by atoms with Crippen LogP contribution in [-0.2, 0) is 20.7 Å². The minimum atomic E-state index is -0.558. The third-order valence-corrected chi connectivity index (χ3v) is 1.89. The molecule has 0 saturated carbocycles. The fourth-order valence-corrected chi connectivity index (χ4v) is 1.20. The van der Waals surface area contributed by atoms with Crippen molar-refractivity contribution in [2.24, 2.45) is 5.73 Å². The lowest BCUT2D eigenvalue weighted by atomic mass is 10.1. The first-order valence-corrected chi connectivity index (χ1v) is 5.13. The van der Waals surface area contributed by atoms with E-state index in [0.29, 0.717) is 19.1 Å². The Morgan fingerprint density at radius 1 is 1.47 bits per heavy atom. The van der Waals surface area contributed by atoms with Crippen LogP contribution < -0.4 is 5.73 Å². The van der Waals surface area contributed by atoms with Crippen LogP contribution in [0, 0.1) is 0 Å². The molecule has 0 unspecified atom stereocenters. The molecule has 1 aromatic rings. The Balaban J connectivity index is 0.000000770. The van der Waals surface area contributed by atoms with Crippen LogP contribution in [0.1, 0.15) is 12.5 Å². The predicted molar refractivity (Wildman–Crippen MR) is 63.8 cm³/mol. The van der Waals surface area contributed by atoms with E-state index in [-0.39, 0.29) is 5.97 Å². The summed E-state index contributed by atoms with van der Waals surface area (Å²) >= 11 is 0. The van der Waals surface area contributed by atoms with Gasteiger partial charge in [0.2, 0.25) is 0 Å². The number of hydrogen-bond donors (Lipinski definition) is 1. The Bertz CT molecular complexity index is 359. The highest BCUT2D eigenvalue weighted by Crippen LogP contribution is 2.02. The van der Waals surface area contributed by atoms with Crippen molar-refractivity contribution in [3.63, 3.8) is 0 Å². The smallest absolute Gasteiger partial charge is 0.323 e. The standard InChI is InChI=1S/C11H15NO2.CNO/c1-2-14-11(13)10(12)8-9-6-4-3-5-7-9;2-1-3/h3-7,10H,2,8,12H2,1H3;/q;-1/t10-;/m0./s1. The van der Waals surface area contributed by atoms with Crippen molar-refractivity contribution in [2.45, 2.75) is 19.4 Å². The Morgan fingerprint density at radius 2 is 2.00 bits per heavy atom. The molecule has 0 spiro atoms. The number of nitrogens with zero attached hydrogens (tertiary/aromatic N) is 1. The maximum atomic E-state index is 11.2. The first-order chi connectivity index (χ1) is 8.15. The molecule has 0 amide bonds. The maximum absolute atomic E-state index is 11.2. The minimum absolute atomic E-state index is 0.337. The van der Waals surface area contributed by atoms with Crippen molar-refractivity contribution in [1.82, 2.24) is 0 Å². The molecule has 1 aromatic carbocycles. The fraction of sp³-hybridized carbons (Fsp3) is 0.333. The van der Waals surface area contributed by atoms with Gasteiger partial charge in [0.25, 0.3) is 0 Å². The Morgan fingerprint density at radius 3 is 2.47 bits per heavy atom. The molecule has 0 bridgehead atoms. The molecule has 0 aliphatic rings. The van der Waals surface area contributed by atoms with Crippen molar-refractivity contribution in [2.75, 3.05) is 6.61 Å². The molecule has 0 aliphatic heterocycles. The van der Waals surface area contributed by atoms with Gasteiger partial charge in [0, 0.05) is 0 Å². The van der Waals surface area contributed by atoms with Crippen molar-refractivity contribution in [3.8, 4) is 0 Å². The summed E-state index contributed by atoms with van der Waals surface area (Å²) in [4.78, 5) is 19.4. The average molecular weight is 235 g/mol. The normalized spacial score (nSPS) is 10.5. The molecule has 1 rings (SSSR count). The van der Waals surface area contributed by atoms with Crippen molar-refractivity contribution < 1.29 is 14.3 Å². The summed E-state index contributed by atoms with van der Waals surface area (Å²) in [6.45, 7) is 2.15. The van der Waals surface area contributed by atoms with E-state index >= 15 is 0 Å². The highest BCUT2D eigenvalue weighted by atomic mass is 16.5. The lowest BCUT2D eigenvalue weighted by Crippen LogP contribution is -2.34. The van der Waals surface area contributed by atoms with Crippen LogP contribution in [0.15, 0.2) is 30.3 Å². The minimum Gasteiger partial charge on any atom is -0.724 e. The average Bonchev–Trinajstić information content (AvgIpc) is 2.31. The third-order valence-electron chi connectivity index (χ3n) is 1.89. The summed E-state index contributed by atoms with van der Waals surface area (Å²) in [6.07, 6.45) is 1.03. The van der Waals surface area contributed by atoms with Gasteiger partial charge in [-0.05, 0) is 25.0 Å². The second-order valence-corrected chi connectivity index (χ2v) is 3.14. The van der Waals surface area contributed by atoms with E-state index in [1.807, 2.05) is 30.3 Å². The number of esters is 1. The van der Waals surface area contributed by atoms with Gasteiger partial charge < -0.3 is 15.9 Å². The number of benzene rings is 1. The maximum Gasteiger partial charge on any atom is 0.323 e. The molecule has 17 heavy (non-hydrogen) atoms. The van der Waals surface area contributed by atoms with E-state index in [4.69, 9.17) is 20.7 Å². The Hall–Kier alpha value is -1.97. The summed E-state index contributed by atoms with van der Waals surface area (Å²) in [5.41, 5.74) is 6.71. The molecule has 0 radical (unpaired) electrons. The molecule has 5 heteroatoms. The van der Waals surface area contributed by atoms with Gasteiger partial charge in [-0.3, -0.25) is 9.59 Å². The molecule has 92 valence electrons. The van der Waals surface area contributed by atoms with E-state index < -0.39 is 6.04 Å². The third kappa shape index (κ3) is 7.00. The van der Waals surface area contributed by atoms with Gasteiger partial charge in [-0.15, -0.1) is 0 Å². The fourth-order valence-electron chi connectivity index (χ4n) is 1.20. The molecule has 5 nitrogen and oxygen atoms in total. The lowest BCUT2D eigenvalue weighted by molar-refractivity contribution is -0.144. The van der Waals surface area contributed by atoms with E-state index in [0.717, 1.165) is 5.56 Å². The van der Waals surface area contributed by atoms with Crippen LogP contribution in [-0.4, -0.2) is 24.7 Å². The van der Waals surface area contributed by atoms with Crippen LogP contribution in [0.3, 0.4) is 0 Å². The molecular weight excluding hydrogens is 220 g/mol. The highest BCUT2D eigenvalue weighted by molar-refractivity contribution is 5.75. The van der Waals surface area contributed by atoms with Gasteiger partial charge in [-0.2, -0.15) is 0 Å². The van der Waals surface area contributed by atoms with Crippen molar-refractivity contribution in [1.29, 1.82) is 0 Å². The molecule has 1 atom stereocenters. The summed E-state index contributed by atoms with van der Waals surface area (Å²) in [6, 6.07) is 9.11. The number of hydrogen-bond acceptors (Lipinski definition) is 4. The Labute approximate surface area is 100 Å². The summed E-state index contributed by atoms with van der Waals surface area (Å²) in [5.74, 6) is -0.337. The molecule has 0 fully saturated rings. The van der Waals surface area contributed by atoms with Crippen LogP contribution in [0.25, 0.3) is 5.41 Å². The quantitative estimate of drug-likeness (QED) is 0.479. The number of ether oxygens (including phenoxy) is 1. The molecular formula is C12H15N2O3-. The number of rotatable bonds is 4. The van der Waals surface area contributed by atoms with Crippen LogP contribution in [0.2, 0.25) is 0 Å². The van der Waals surface area contributed by atoms with Gasteiger partial charge in [0.05, 0.1) is 6.61 Å². The number of carbonyl (C=O) groups excluding carboxylic acids is 2. The predicted octanol–water partition coefficient (Wildman–Crippen LogP) is 1.01. The molecule has 2 N–H and O–H groups in total. The molecule has 0 aliphatic carbocycles.